The van der Waals surface area contributed by atoms with Crippen molar-refractivity contribution < 1.29 is 9.53 Å². The van der Waals surface area contributed by atoms with Crippen LogP contribution in [0.4, 0.5) is 0 Å². The Balaban J connectivity index is 4.09. The highest BCUT2D eigenvalue weighted by atomic mass is 28.3. The molecule has 0 N–H and O–H groups in total. The fraction of sp³-hybridized carbons (Fsp3) is 0.583. The van der Waals surface area contributed by atoms with E-state index in [-0.39, 0.29) is 5.97 Å². The van der Waals surface area contributed by atoms with Crippen LogP contribution in [0.3, 0.4) is 0 Å². The van der Waals surface area contributed by atoms with Gasteiger partial charge in [-0.05, 0) is 20.3 Å². The first kappa shape index (κ1) is 14.2. The molecule has 0 atom stereocenters. The number of hydrogen-bond donors (Lipinski definition) is 0. The molecule has 0 bridgehead atoms. The average Bonchev–Trinajstić information content (AvgIpc) is 2.01. The van der Waals surface area contributed by atoms with Crippen LogP contribution in [0.5, 0.6) is 0 Å². The third-order valence-corrected chi connectivity index (χ3v) is 2.94. The minimum Gasteiger partial charge on any atom is -0.463 e. The summed E-state index contributed by atoms with van der Waals surface area (Å²) in [5.74, 6) is -0.239. The van der Waals surface area contributed by atoms with Crippen molar-refractivity contribution in [3.05, 3.63) is 23.4 Å². The maximum Gasteiger partial charge on any atom is 0.330 e. The van der Waals surface area contributed by atoms with Crippen LogP contribution in [-0.4, -0.2) is 20.7 Å². The third-order valence-electron chi connectivity index (χ3n) is 1.71. The highest BCUT2D eigenvalue weighted by molar-refractivity contribution is 6.80. The second-order valence-corrected chi connectivity index (χ2v) is 9.78. The Kier molecular flexibility index (Phi) is 6.25. The van der Waals surface area contributed by atoms with Crippen LogP contribution < -0.4 is 0 Å². The lowest BCUT2D eigenvalue weighted by Gasteiger charge is -2.07. The second-order valence-electron chi connectivity index (χ2n) is 4.72. The number of hydrogen-bond acceptors (Lipinski definition) is 2. The van der Waals surface area contributed by atoms with Crippen LogP contribution >= 0.6 is 0 Å². The standard InChI is InChI=1S/C12H22O2Si/c1-6-14-12(13)10-11(2)8-7-9-15(3,4)5/h7,9-10H,6,8H2,1-5H3/b9-7+,11-10+. The molecule has 86 valence electrons. The molecule has 0 unspecified atom stereocenters. The lowest BCUT2D eigenvalue weighted by atomic mass is 10.2. The van der Waals surface area contributed by atoms with E-state index in [4.69, 9.17) is 4.74 Å². The molecule has 0 heterocycles. The maximum atomic E-state index is 11.1. The van der Waals surface area contributed by atoms with Crippen molar-refractivity contribution in [3.8, 4) is 0 Å². The van der Waals surface area contributed by atoms with Crippen LogP contribution in [0.15, 0.2) is 23.4 Å². The Morgan fingerprint density at radius 3 is 2.40 bits per heavy atom. The van der Waals surface area contributed by atoms with E-state index < -0.39 is 8.07 Å². The van der Waals surface area contributed by atoms with E-state index in [1.54, 1.807) is 6.08 Å². The summed E-state index contributed by atoms with van der Waals surface area (Å²) < 4.78 is 4.83. The van der Waals surface area contributed by atoms with Gasteiger partial charge in [-0.2, -0.15) is 0 Å². The summed E-state index contributed by atoms with van der Waals surface area (Å²) in [6.45, 7) is 11.1. The maximum absolute atomic E-state index is 11.1. The molecule has 0 rings (SSSR count). The molecule has 0 radical (unpaired) electrons. The summed E-state index contributed by atoms with van der Waals surface area (Å²) in [6, 6.07) is 0. The molecule has 0 aliphatic rings. The molecule has 3 heteroatoms. The van der Waals surface area contributed by atoms with Crippen molar-refractivity contribution in [3.63, 3.8) is 0 Å². The van der Waals surface area contributed by atoms with Crippen LogP contribution in [-0.2, 0) is 9.53 Å². The number of carbonyl (C=O) groups is 1. The number of allylic oxidation sites excluding steroid dienone is 2. The Morgan fingerprint density at radius 1 is 1.33 bits per heavy atom. The van der Waals surface area contributed by atoms with Crippen LogP contribution in [0.1, 0.15) is 20.3 Å². The normalized spacial score (nSPS) is 13.3. The van der Waals surface area contributed by atoms with Gasteiger partial charge in [0.05, 0.1) is 14.7 Å². The molecule has 0 aromatic rings. The molecule has 0 spiro atoms. The zero-order chi connectivity index (χ0) is 11.9. The van der Waals surface area contributed by atoms with Gasteiger partial charge in [-0.25, -0.2) is 4.79 Å². The van der Waals surface area contributed by atoms with Crippen LogP contribution in [0.25, 0.3) is 0 Å². The van der Waals surface area contributed by atoms with Crippen molar-refractivity contribution in [2.45, 2.75) is 39.9 Å². The molecule has 0 saturated carbocycles. The molecule has 0 aliphatic carbocycles. The largest absolute Gasteiger partial charge is 0.463 e. The zero-order valence-corrected chi connectivity index (χ0v) is 11.5. The highest BCUT2D eigenvalue weighted by Crippen LogP contribution is 2.06. The zero-order valence-electron chi connectivity index (χ0n) is 10.5. The third kappa shape index (κ3) is 9.47. The van der Waals surface area contributed by atoms with Gasteiger partial charge in [-0.3, -0.25) is 0 Å². The second kappa shape index (κ2) is 6.61. The van der Waals surface area contributed by atoms with Crippen LogP contribution in [0.2, 0.25) is 19.6 Å². The van der Waals surface area contributed by atoms with E-state index in [0.717, 1.165) is 12.0 Å². The summed E-state index contributed by atoms with van der Waals surface area (Å²) in [5.41, 5.74) is 3.33. The van der Waals surface area contributed by atoms with Crippen molar-refractivity contribution >= 4 is 14.0 Å². The van der Waals surface area contributed by atoms with E-state index in [2.05, 4.69) is 31.4 Å². The predicted octanol–water partition coefficient (Wildman–Crippen LogP) is 3.32. The van der Waals surface area contributed by atoms with Gasteiger partial charge in [0.2, 0.25) is 0 Å². The van der Waals surface area contributed by atoms with Gasteiger partial charge in [0.25, 0.3) is 0 Å². The van der Waals surface area contributed by atoms with Crippen molar-refractivity contribution in [1.29, 1.82) is 0 Å². The van der Waals surface area contributed by atoms with Crippen LogP contribution in [0, 0.1) is 0 Å². The summed E-state index contributed by atoms with van der Waals surface area (Å²) in [7, 11) is -1.10. The summed E-state index contributed by atoms with van der Waals surface area (Å²) in [5, 5.41) is 0. The molecule has 0 aliphatic heterocycles. The van der Waals surface area contributed by atoms with Crippen molar-refractivity contribution in [2.24, 2.45) is 0 Å². The molecular formula is C12H22O2Si. The minimum absolute atomic E-state index is 0.239. The van der Waals surface area contributed by atoms with Gasteiger partial charge in [-0.15, -0.1) is 0 Å². The van der Waals surface area contributed by atoms with Gasteiger partial charge in [-0.1, -0.05) is 37.0 Å². The quantitative estimate of drug-likeness (QED) is 0.408. The van der Waals surface area contributed by atoms with E-state index in [9.17, 15) is 4.79 Å². The minimum atomic E-state index is -1.10. The first-order valence-corrected chi connectivity index (χ1v) is 8.94. The molecule has 15 heavy (non-hydrogen) atoms. The van der Waals surface area contributed by atoms with Gasteiger partial charge in [0.15, 0.2) is 0 Å². The Morgan fingerprint density at radius 2 is 1.93 bits per heavy atom. The van der Waals surface area contributed by atoms with Gasteiger partial charge < -0.3 is 4.74 Å². The Bertz CT molecular complexity index is 259. The number of ether oxygens (including phenoxy) is 1. The molecule has 0 amide bonds. The number of carbonyl (C=O) groups excluding carboxylic acids is 1. The molecule has 2 nitrogen and oxygen atoms in total. The predicted molar refractivity (Wildman–Crippen MR) is 67.5 cm³/mol. The molecule has 0 aromatic heterocycles. The fourth-order valence-electron chi connectivity index (χ4n) is 1.04. The fourth-order valence-corrected chi connectivity index (χ4v) is 1.87. The van der Waals surface area contributed by atoms with Crippen molar-refractivity contribution in [1.82, 2.24) is 0 Å². The molecular weight excluding hydrogens is 204 g/mol. The first-order chi connectivity index (χ1) is 6.85. The van der Waals surface area contributed by atoms with E-state index in [1.165, 1.54) is 0 Å². The van der Waals surface area contributed by atoms with E-state index in [1.807, 2.05) is 13.8 Å². The highest BCUT2D eigenvalue weighted by Gasteiger charge is 2.06. The molecule has 0 fully saturated rings. The van der Waals surface area contributed by atoms with E-state index in [0.29, 0.717) is 6.61 Å². The number of rotatable bonds is 5. The first-order valence-electron chi connectivity index (χ1n) is 5.37. The van der Waals surface area contributed by atoms with Gasteiger partial charge in [0, 0.05) is 6.08 Å². The lowest BCUT2D eigenvalue weighted by Crippen LogP contribution is -2.15. The monoisotopic (exact) mass is 226 g/mol. The Labute approximate surface area is 94.0 Å². The average molecular weight is 226 g/mol. The van der Waals surface area contributed by atoms with E-state index >= 15 is 0 Å². The molecule has 0 saturated heterocycles. The number of esters is 1. The Hall–Kier alpha value is -0.833. The summed E-state index contributed by atoms with van der Waals surface area (Å²) in [4.78, 5) is 11.1. The van der Waals surface area contributed by atoms with Gasteiger partial charge in [0.1, 0.15) is 0 Å². The lowest BCUT2D eigenvalue weighted by molar-refractivity contribution is -0.137. The topological polar surface area (TPSA) is 26.3 Å². The van der Waals surface area contributed by atoms with Gasteiger partial charge >= 0.3 is 5.97 Å². The molecule has 0 aromatic carbocycles. The van der Waals surface area contributed by atoms with Crippen molar-refractivity contribution in [2.75, 3.05) is 6.61 Å². The summed E-state index contributed by atoms with van der Waals surface area (Å²) in [6.07, 6.45) is 4.55. The SMILES string of the molecule is CCOC(=O)/C=C(\C)C/C=C/[Si](C)(C)C. The summed E-state index contributed by atoms with van der Waals surface area (Å²) >= 11 is 0. The smallest absolute Gasteiger partial charge is 0.330 e.